The standard InChI is InChI=1S/C13H12N2O2S/c14-18(16,17)15-11-5-6-13-10(8-11)7-9-3-1-2-4-12(9)13/h1-6,8,15H,7H2,(H2,14,16,17). The molecule has 4 nitrogen and oxygen atoms in total. The second kappa shape index (κ2) is 3.83. The van der Waals surface area contributed by atoms with Crippen LogP contribution in [0, 0.1) is 0 Å². The van der Waals surface area contributed by atoms with Gasteiger partial charge in [0.1, 0.15) is 0 Å². The van der Waals surface area contributed by atoms with E-state index in [0.29, 0.717) is 5.69 Å². The van der Waals surface area contributed by atoms with Gasteiger partial charge in [-0.3, -0.25) is 4.72 Å². The van der Waals surface area contributed by atoms with E-state index < -0.39 is 10.2 Å². The highest BCUT2D eigenvalue weighted by atomic mass is 32.2. The van der Waals surface area contributed by atoms with Crippen molar-refractivity contribution in [3.63, 3.8) is 0 Å². The summed E-state index contributed by atoms with van der Waals surface area (Å²) in [7, 11) is -3.71. The van der Waals surface area contributed by atoms with Crippen molar-refractivity contribution in [1.82, 2.24) is 0 Å². The van der Waals surface area contributed by atoms with Crippen LogP contribution < -0.4 is 9.86 Å². The Hall–Kier alpha value is -1.85. The summed E-state index contributed by atoms with van der Waals surface area (Å²) in [5.74, 6) is 0. The molecule has 2 aromatic rings. The molecule has 0 saturated heterocycles. The van der Waals surface area contributed by atoms with Crippen molar-refractivity contribution in [2.24, 2.45) is 5.14 Å². The minimum atomic E-state index is -3.71. The summed E-state index contributed by atoms with van der Waals surface area (Å²) < 4.78 is 24.3. The van der Waals surface area contributed by atoms with E-state index in [1.807, 2.05) is 24.3 Å². The molecule has 0 fully saturated rings. The first-order valence-corrected chi connectivity index (χ1v) is 7.09. The molecular weight excluding hydrogens is 248 g/mol. The largest absolute Gasteiger partial charge is 0.296 e. The van der Waals surface area contributed by atoms with Gasteiger partial charge in [-0.25, -0.2) is 5.14 Å². The second-order valence-electron chi connectivity index (χ2n) is 4.35. The van der Waals surface area contributed by atoms with Crippen molar-refractivity contribution in [2.75, 3.05) is 4.72 Å². The van der Waals surface area contributed by atoms with Gasteiger partial charge in [-0.15, -0.1) is 0 Å². The lowest BCUT2D eigenvalue weighted by molar-refractivity contribution is 0.603. The SMILES string of the molecule is NS(=O)(=O)Nc1ccc2c(c1)Cc1ccccc1-2. The molecule has 0 atom stereocenters. The third kappa shape index (κ3) is 1.98. The van der Waals surface area contributed by atoms with Crippen LogP contribution >= 0.6 is 0 Å². The fraction of sp³-hybridized carbons (Fsp3) is 0.0769. The van der Waals surface area contributed by atoms with E-state index in [1.54, 1.807) is 6.07 Å². The number of nitrogens with one attached hydrogen (secondary N) is 1. The molecule has 0 saturated carbocycles. The molecule has 92 valence electrons. The molecule has 1 aliphatic carbocycles. The van der Waals surface area contributed by atoms with E-state index in [4.69, 9.17) is 5.14 Å². The average molecular weight is 260 g/mol. The van der Waals surface area contributed by atoms with Gasteiger partial charge in [0.15, 0.2) is 0 Å². The first-order chi connectivity index (χ1) is 8.53. The van der Waals surface area contributed by atoms with Crippen molar-refractivity contribution in [3.05, 3.63) is 53.6 Å². The van der Waals surface area contributed by atoms with Crippen molar-refractivity contribution in [1.29, 1.82) is 0 Å². The topological polar surface area (TPSA) is 72.2 Å². The second-order valence-corrected chi connectivity index (χ2v) is 5.65. The number of fused-ring (bicyclic) bond motifs is 3. The lowest BCUT2D eigenvalue weighted by Crippen LogP contribution is -2.21. The molecule has 0 aromatic heterocycles. The predicted molar refractivity (Wildman–Crippen MR) is 71.4 cm³/mol. The number of rotatable bonds is 2. The third-order valence-corrected chi connectivity index (χ3v) is 3.57. The van der Waals surface area contributed by atoms with Crippen LogP contribution in [-0.4, -0.2) is 8.42 Å². The Morgan fingerprint density at radius 1 is 1.00 bits per heavy atom. The number of nitrogens with two attached hydrogens (primary N) is 1. The van der Waals surface area contributed by atoms with E-state index in [9.17, 15) is 8.42 Å². The lowest BCUT2D eigenvalue weighted by Gasteiger charge is -2.06. The van der Waals surface area contributed by atoms with Gasteiger partial charge in [0.05, 0.1) is 5.69 Å². The highest BCUT2D eigenvalue weighted by Crippen LogP contribution is 2.37. The van der Waals surface area contributed by atoms with Gasteiger partial charge in [-0.1, -0.05) is 30.3 Å². The Bertz CT molecular complexity index is 724. The molecule has 0 amide bonds. The van der Waals surface area contributed by atoms with Gasteiger partial charge in [-0.2, -0.15) is 8.42 Å². The molecule has 5 heteroatoms. The summed E-state index contributed by atoms with van der Waals surface area (Å²) in [5.41, 5.74) is 5.26. The average Bonchev–Trinajstić information content (AvgIpc) is 2.64. The Kier molecular flexibility index (Phi) is 2.39. The summed E-state index contributed by atoms with van der Waals surface area (Å²) >= 11 is 0. The maximum atomic E-state index is 11.0. The van der Waals surface area contributed by atoms with Crippen LogP contribution in [0.1, 0.15) is 11.1 Å². The van der Waals surface area contributed by atoms with Crippen LogP contribution in [0.5, 0.6) is 0 Å². The van der Waals surface area contributed by atoms with E-state index in [-0.39, 0.29) is 0 Å². The molecule has 0 spiro atoms. The highest BCUT2D eigenvalue weighted by molar-refractivity contribution is 7.90. The first kappa shape index (κ1) is 11.3. The van der Waals surface area contributed by atoms with Gasteiger partial charge in [0, 0.05) is 0 Å². The molecule has 3 N–H and O–H groups in total. The number of hydrogen-bond acceptors (Lipinski definition) is 2. The van der Waals surface area contributed by atoms with Crippen LogP contribution in [-0.2, 0) is 16.6 Å². The van der Waals surface area contributed by atoms with E-state index in [1.165, 1.54) is 11.1 Å². The summed E-state index contributed by atoms with van der Waals surface area (Å²) in [6.45, 7) is 0. The molecule has 1 aliphatic rings. The van der Waals surface area contributed by atoms with Crippen LogP contribution in [0.4, 0.5) is 5.69 Å². The van der Waals surface area contributed by atoms with Gasteiger partial charge < -0.3 is 0 Å². The summed E-state index contributed by atoms with van der Waals surface area (Å²) in [6, 6.07) is 13.7. The maximum absolute atomic E-state index is 11.0. The zero-order chi connectivity index (χ0) is 12.8. The number of benzene rings is 2. The Morgan fingerprint density at radius 2 is 1.72 bits per heavy atom. The smallest absolute Gasteiger partial charge is 0.271 e. The minimum absolute atomic E-state index is 0.504. The molecule has 18 heavy (non-hydrogen) atoms. The van der Waals surface area contributed by atoms with Crippen LogP contribution in [0.25, 0.3) is 11.1 Å². The Morgan fingerprint density at radius 3 is 2.50 bits per heavy atom. The molecule has 0 bridgehead atoms. The normalized spacial score (nSPS) is 12.9. The number of hydrogen-bond donors (Lipinski definition) is 2. The molecule has 0 aliphatic heterocycles. The van der Waals surface area contributed by atoms with Crippen LogP contribution in [0.15, 0.2) is 42.5 Å². The van der Waals surface area contributed by atoms with Crippen molar-refractivity contribution < 1.29 is 8.42 Å². The van der Waals surface area contributed by atoms with Gasteiger partial charge in [0.2, 0.25) is 0 Å². The third-order valence-electron chi connectivity index (χ3n) is 3.05. The Labute approximate surface area is 106 Å². The number of anilines is 1. The van der Waals surface area contributed by atoms with Gasteiger partial charge in [-0.05, 0) is 40.8 Å². The zero-order valence-corrected chi connectivity index (χ0v) is 10.4. The molecule has 2 aromatic carbocycles. The monoisotopic (exact) mass is 260 g/mol. The van der Waals surface area contributed by atoms with Gasteiger partial charge in [0.25, 0.3) is 10.2 Å². The summed E-state index contributed by atoms with van der Waals surface area (Å²) in [5, 5.41) is 4.96. The first-order valence-electron chi connectivity index (χ1n) is 5.55. The van der Waals surface area contributed by atoms with Gasteiger partial charge >= 0.3 is 0 Å². The summed E-state index contributed by atoms with van der Waals surface area (Å²) in [6.07, 6.45) is 0.825. The molecule has 0 radical (unpaired) electrons. The minimum Gasteiger partial charge on any atom is -0.271 e. The molecule has 0 unspecified atom stereocenters. The molecule has 3 rings (SSSR count). The maximum Gasteiger partial charge on any atom is 0.296 e. The zero-order valence-electron chi connectivity index (χ0n) is 9.55. The molecule has 0 heterocycles. The van der Waals surface area contributed by atoms with Crippen molar-refractivity contribution >= 4 is 15.9 Å². The fourth-order valence-electron chi connectivity index (χ4n) is 2.37. The van der Waals surface area contributed by atoms with E-state index in [2.05, 4.69) is 16.9 Å². The van der Waals surface area contributed by atoms with E-state index in [0.717, 1.165) is 17.5 Å². The van der Waals surface area contributed by atoms with Crippen molar-refractivity contribution in [3.8, 4) is 11.1 Å². The Balaban J connectivity index is 2.03. The summed E-state index contributed by atoms with van der Waals surface area (Å²) in [4.78, 5) is 0. The molecular formula is C13H12N2O2S. The predicted octanol–water partition coefficient (Wildman–Crippen LogP) is 1.87. The highest BCUT2D eigenvalue weighted by Gasteiger charge is 2.18. The van der Waals surface area contributed by atoms with Crippen LogP contribution in [0.3, 0.4) is 0 Å². The fourth-order valence-corrected chi connectivity index (χ4v) is 2.83. The van der Waals surface area contributed by atoms with E-state index >= 15 is 0 Å². The van der Waals surface area contributed by atoms with Crippen molar-refractivity contribution in [2.45, 2.75) is 6.42 Å². The quantitative estimate of drug-likeness (QED) is 0.738. The lowest BCUT2D eigenvalue weighted by atomic mass is 10.1. The van der Waals surface area contributed by atoms with Crippen LogP contribution in [0.2, 0.25) is 0 Å².